The first-order chi connectivity index (χ1) is 13.5. The summed E-state index contributed by atoms with van der Waals surface area (Å²) < 4.78 is 0. The second-order valence-corrected chi connectivity index (χ2v) is 9.23. The van der Waals surface area contributed by atoms with Crippen LogP contribution in [0.1, 0.15) is 49.7 Å². The first-order valence-electron chi connectivity index (χ1n) is 10.4. The van der Waals surface area contributed by atoms with Gasteiger partial charge in [-0.05, 0) is 103 Å². The highest BCUT2D eigenvalue weighted by Crippen LogP contribution is 2.62. The molecule has 0 radical (unpaired) electrons. The van der Waals surface area contributed by atoms with Crippen LogP contribution < -0.4 is 0 Å². The van der Waals surface area contributed by atoms with E-state index in [1.165, 1.54) is 38.5 Å². The maximum atomic E-state index is 10.8. The van der Waals surface area contributed by atoms with Crippen LogP contribution in [0.5, 0.6) is 5.75 Å². The van der Waals surface area contributed by atoms with E-state index < -0.39 is 5.97 Å². The van der Waals surface area contributed by atoms with Gasteiger partial charge in [0.15, 0.2) is 0 Å². The molecule has 4 bridgehead atoms. The van der Waals surface area contributed by atoms with Crippen molar-refractivity contribution in [3.63, 3.8) is 0 Å². The van der Waals surface area contributed by atoms with E-state index in [1.54, 1.807) is 6.08 Å². The van der Waals surface area contributed by atoms with Crippen LogP contribution in [0.15, 0.2) is 48.5 Å². The molecule has 0 heterocycles. The van der Waals surface area contributed by atoms with Gasteiger partial charge in [-0.3, -0.25) is 0 Å². The molecule has 2 N–H and O–H groups in total. The van der Waals surface area contributed by atoms with Gasteiger partial charge >= 0.3 is 5.97 Å². The number of carboxylic acid groups (broad SMARTS) is 1. The fourth-order valence-electron chi connectivity index (χ4n) is 6.57. The summed E-state index contributed by atoms with van der Waals surface area (Å²) in [6, 6.07) is 13.9. The number of carbonyl (C=O) groups is 1. The molecule has 0 aliphatic heterocycles. The van der Waals surface area contributed by atoms with Crippen molar-refractivity contribution < 1.29 is 15.0 Å². The Labute approximate surface area is 165 Å². The minimum atomic E-state index is -0.945. The molecule has 0 spiro atoms. The van der Waals surface area contributed by atoms with Crippen LogP contribution in [0.2, 0.25) is 0 Å². The number of aromatic hydroxyl groups is 1. The zero-order chi connectivity index (χ0) is 19.3. The predicted molar refractivity (Wildman–Crippen MR) is 110 cm³/mol. The van der Waals surface area contributed by atoms with E-state index in [0.29, 0.717) is 5.75 Å². The van der Waals surface area contributed by atoms with Crippen molar-refractivity contribution in [1.29, 1.82) is 0 Å². The second-order valence-electron chi connectivity index (χ2n) is 9.23. The largest absolute Gasteiger partial charge is 0.508 e. The summed E-state index contributed by atoms with van der Waals surface area (Å²) >= 11 is 0. The van der Waals surface area contributed by atoms with Gasteiger partial charge in [0.05, 0.1) is 0 Å². The van der Waals surface area contributed by atoms with Crippen molar-refractivity contribution in [3.8, 4) is 16.9 Å². The molecule has 2 aromatic rings. The summed E-state index contributed by atoms with van der Waals surface area (Å²) in [5, 5.41) is 19.6. The Hall–Kier alpha value is -2.55. The molecular weight excluding hydrogens is 348 g/mol. The van der Waals surface area contributed by atoms with Crippen LogP contribution in [-0.2, 0) is 10.2 Å². The molecule has 0 amide bonds. The first-order valence-corrected chi connectivity index (χ1v) is 10.4. The number of carboxylic acids is 1. The number of hydrogen-bond acceptors (Lipinski definition) is 2. The third kappa shape index (κ3) is 3.03. The summed E-state index contributed by atoms with van der Waals surface area (Å²) in [5.41, 5.74) is 4.29. The molecule has 0 aromatic heterocycles. The summed E-state index contributed by atoms with van der Waals surface area (Å²) in [4.78, 5) is 10.8. The molecule has 4 fully saturated rings. The zero-order valence-corrected chi connectivity index (χ0v) is 16.0. The van der Waals surface area contributed by atoms with Crippen molar-refractivity contribution in [2.45, 2.75) is 43.9 Å². The maximum Gasteiger partial charge on any atom is 0.328 e. The van der Waals surface area contributed by atoms with Crippen LogP contribution >= 0.6 is 0 Å². The van der Waals surface area contributed by atoms with E-state index in [0.717, 1.165) is 46.1 Å². The van der Waals surface area contributed by atoms with E-state index in [9.17, 15) is 9.90 Å². The smallest absolute Gasteiger partial charge is 0.328 e. The van der Waals surface area contributed by atoms with Gasteiger partial charge in [0, 0.05) is 11.6 Å². The highest BCUT2D eigenvalue weighted by molar-refractivity contribution is 5.85. The maximum absolute atomic E-state index is 10.8. The highest BCUT2D eigenvalue weighted by atomic mass is 16.4. The van der Waals surface area contributed by atoms with Crippen molar-refractivity contribution in [2.75, 3.05) is 0 Å². The lowest BCUT2D eigenvalue weighted by molar-refractivity contribution is -0.131. The van der Waals surface area contributed by atoms with Crippen LogP contribution in [0.25, 0.3) is 17.2 Å². The minimum absolute atomic E-state index is 0.148. The number of benzene rings is 2. The standard InChI is InChI=1S/C25H26O3/c26-23-6-5-21(20-3-1-2-16(11-20)4-7-24(27)28)12-22(23)25-13-17-8-18(14-25)10-19(9-17)15-25/h1-7,11-12,17-19,26H,8-10,13-15H2,(H,27,28). The summed E-state index contributed by atoms with van der Waals surface area (Å²) in [6.45, 7) is 0. The summed E-state index contributed by atoms with van der Waals surface area (Å²) in [7, 11) is 0. The van der Waals surface area contributed by atoms with Gasteiger partial charge in [-0.15, -0.1) is 0 Å². The van der Waals surface area contributed by atoms with E-state index in [2.05, 4.69) is 6.07 Å². The molecule has 4 aliphatic carbocycles. The number of rotatable bonds is 4. The fraction of sp³-hybridized carbons (Fsp3) is 0.400. The van der Waals surface area contributed by atoms with E-state index in [-0.39, 0.29) is 5.41 Å². The molecular formula is C25H26O3. The molecule has 4 aliphatic rings. The Morgan fingerprint density at radius 1 is 0.929 bits per heavy atom. The van der Waals surface area contributed by atoms with E-state index in [4.69, 9.17) is 5.11 Å². The van der Waals surface area contributed by atoms with Crippen LogP contribution in [-0.4, -0.2) is 16.2 Å². The minimum Gasteiger partial charge on any atom is -0.508 e. The number of aliphatic carboxylic acids is 1. The van der Waals surface area contributed by atoms with E-state index >= 15 is 0 Å². The predicted octanol–water partition coefficient (Wildman–Crippen LogP) is 5.62. The lowest BCUT2D eigenvalue weighted by Crippen LogP contribution is -2.48. The van der Waals surface area contributed by atoms with Gasteiger partial charge in [-0.25, -0.2) is 4.79 Å². The Morgan fingerprint density at radius 3 is 2.21 bits per heavy atom. The quantitative estimate of drug-likeness (QED) is 0.683. The molecule has 0 unspecified atom stereocenters. The number of phenolic OH excluding ortho intramolecular Hbond substituents is 1. The average Bonchev–Trinajstić information content (AvgIpc) is 2.66. The van der Waals surface area contributed by atoms with Gasteiger partial charge < -0.3 is 10.2 Å². The highest BCUT2D eigenvalue weighted by Gasteiger charge is 2.52. The second kappa shape index (κ2) is 6.51. The Bertz CT molecular complexity index is 921. The topological polar surface area (TPSA) is 57.5 Å². The molecule has 28 heavy (non-hydrogen) atoms. The van der Waals surface area contributed by atoms with Gasteiger partial charge in [0.25, 0.3) is 0 Å². The van der Waals surface area contributed by atoms with Gasteiger partial charge in [0.2, 0.25) is 0 Å². The Morgan fingerprint density at radius 2 is 1.57 bits per heavy atom. The third-order valence-corrected chi connectivity index (χ3v) is 7.24. The molecule has 0 atom stereocenters. The van der Waals surface area contributed by atoms with Crippen molar-refractivity contribution in [2.24, 2.45) is 17.8 Å². The molecule has 4 saturated carbocycles. The molecule has 3 nitrogen and oxygen atoms in total. The zero-order valence-electron chi connectivity index (χ0n) is 16.0. The fourth-order valence-corrected chi connectivity index (χ4v) is 6.57. The van der Waals surface area contributed by atoms with Gasteiger partial charge in [-0.1, -0.05) is 24.3 Å². The van der Waals surface area contributed by atoms with Gasteiger partial charge in [0.1, 0.15) is 5.75 Å². The molecule has 3 heteroatoms. The number of phenols is 1. The Balaban J connectivity index is 1.52. The van der Waals surface area contributed by atoms with Crippen molar-refractivity contribution >= 4 is 12.0 Å². The van der Waals surface area contributed by atoms with Crippen LogP contribution in [0.3, 0.4) is 0 Å². The lowest BCUT2D eigenvalue weighted by atomic mass is 9.48. The molecule has 2 aromatic carbocycles. The Kier molecular flexibility index (Phi) is 4.08. The summed E-state index contributed by atoms with van der Waals surface area (Å²) in [5.74, 6) is 1.99. The first kappa shape index (κ1) is 17.5. The monoisotopic (exact) mass is 374 g/mol. The van der Waals surface area contributed by atoms with E-state index in [1.807, 2.05) is 36.4 Å². The number of hydrogen-bond donors (Lipinski definition) is 2. The third-order valence-electron chi connectivity index (χ3n) is 7.24. The SMILES string of the molecule is O=C(O)C=Cc1cccc(-c2ccc(O)c(C34CC5CC(CC(C5)C3)C4)c2)c1. The van der Waals surface area contributed by atoms with Crippen LogP contribution in [0.4, 0.5) is 0 Å². The molecule has 6 rings (SSSR count). The van der Waals surface area contributed by atoms with Crippen molar-refractivity contribution in [3.05, 3.63) is 59.7 Å². The van der Waals surface area contributed by atoms with Gasteiger partial charge in [-0.2, -0.15) is 0 Å². The van der Waals surface area contributed by atoms with Crippen LogP contribution in [0, 0.1) is 17.8 Å². The average molecular weight is 374 g/mol. The molecule has 0 saturated heterocycles. The molecule has 144 valence electrons. The van der Waals surface area contributed by atoms with Crippen molar-refractivity contribution in [1.82, 2.24) is 0 Å². The summed E-state index contributed by atoms with van der Waals surface area (Å²) in [6.07, 6.45) is 10.6. The normalized spacial score (nSPS) is 30.8. The lowest BCUT2D eigenvalue weighted by Gasteiger charge is -2.57.